The lowest BCUT2D eigenvalue weighted by Crippen LogP contribution is -2.48. The number of nitrogens with one attached hydrogen (secondary N) is 1. The minimum absolute atomic E-state index is 0.111. The van der Waals surface area contributed by atoms with Gasteiger partial charge in [0.15, 0.2) is 0 Å². The molecule has 1 aliphatic heterocycles. The Morgan fingerprint density at radius 3 is 2.63 bits per heavy atom. The van der Waals surface area contributed by atoms with E-state index in [4.69, 9.17) is 11.6 Å². The van der Waals surface area contributed by atoms with Crippen molar-refractivity contribution in [3.63, 3.8) is 0 Å². The topological polar surface area (TPSA) is 15.3 Å². The monoisotopic (exact) mass is 282 g/mol. The van der Waals surface area contributed by atoms with Crippen molar-refractivity contribution in [2.45, 2.75) is 25.3 Å². The zero-order chi connectivity index (χ0) is 13.2. The molecule has 2 nitrogen and oxygen atoms in total. The molecule has 0 bridgehead atoms. The Balaban J connectivity index is 1.90. The molecule has 1 heterocycles. The van der Waals surface area contributed by atoms with Crippen molar-refractivity contribution in [1.29, 1.82) is 0 Å². The molecule has 19 heavy (non-hydrogen) atoms. The first-order valence-corrected chi connectivity index (χ1v) is 7.53. The summed E-state index contributed by atoms with van der Waals surface area (Å²) in [4.78, 5) is 2.43. The van der Waals surface area contributed by atoms with Gasteiger partial charge in [-0.25, -0.2) is 4.39 Å². The van der Waals surface area contributed by atoms with Gasteiger partial charge in [-0.1, -0.05) is 18.0 Å². The third-order valence-electron chi connectivity index (χ3n) is 4.42. The van der Waals surface area contributed by atoms with Gasteiger partial charge in [0.25, 0.3) is 0 Å². The molecule has 0 radical (unpaired) electrons. The van der Waals surface area contributed by atoms with Gasteiger partial charge in [-0.15, -0.1) is 0 Å². The normalized spacial score (nSPS) is 23.1. The van der Waals surface area contributed by atoms with Gasteiger partial charge in [0.1, 0.15) is 5.82 Å². The van der Waals surface area contributed by atoms with Crippen molar-refractivity contribution in [3.05, 3.63) is 34.6 Å². The van der Waals surface area contributed by atoms with Crippen LogP contribution < -0.4 is 5.32 Å². The number of piperazine rings is 1. The molecule has 1 saturated carbocycles. The second kappa shape index (κ2) is 5.78. The minimum Gasteiger partial charge on any atom is -0.314 e. The van der Waals surface area contributed by atoms with Gasteiger partial charge < -0.3 is 5.32 Å². The zero-order valence-electron chi connectivity index (χ0n) is 11.0. The van der Waals surface area contributed by atoms with Gasteiger partial charge in [-0.05, 0) is 37.0 Å². The SMILES string of the molecule is Fc1ccc(Cl)cc1[C@@H](C1CCC1)N1CCNCC1. The number of hydrogen-bond acceptors (Lipinski definition) is 2. The van der Waals surface area contributed by atoms with Crippen molar-refractivity contribution < 1.29 is 4.39 Å². The summed E-state index contributed by atoms with van der Waals surface area (Å²) < 4.78 is 14.2. The van der Waals surface area contributed by atoms with Gasteiger partial charge in [-0.2, -0.15) is 0 Å². The van der Waals surface area contributed by atoms with Gasteiger partial charge in [0, 0.05) is 42.8 Å². The highest BCUT2D eigenvalue weighted by Crippen LogP contribution is 2.42. The second-order valence-corrected chi connectivity index (χ2v) is 6.02. The molecule has 0 unspecified atom stereocenters. The van der Waals surface area contributed by atoms with Crippen LogP contribution in [-0.2, 0) is 0 Å². The standard InChI is InChI=1S/C15H20ClFN2/c16-12-4-5-14(17)13(10-12)15(11-2-1-3-11)19-8-6-18-7-9-19/h4-5,10-11,15,18H,1-3,6-9H2/t15-/m1/s1. The van der Waals surface area contributed by atoms with Gasteiger partial charge >= 0.3 is 0 Å². The minimum atomic E-state index is -0.111. The van der Waals surface area contributed by atoms with Crippen molar-refractivity contribution in [2.75, 3.05) is 26.2 Å². The third kappa shape index (κ3) is 2.78. The van der Waals surface area contributed by atoms with Gasteiger partial charge in [0.05, 0.1) is 0 Å². The van der Waals surface area contributed by atoms with Gasteiger partial charge in [0.2, 0.25) is 0 Å². The Labute approximate surface area is 118 Å². The molecule has 2 aliphatic rings. The molecule has 0 amide bonds. The van der Waals surface area contributed by atoms with Crippen LogP contribution in [0.4, 0.5) is 4.39 Å². The molecule has 2 fully saturated rings. The van der Waals surface area contributed by atoms with Crippen molar-refractivity contribution in [2.24, 2.45) is 5.92 Å². The predicted molar refractivity (Wildman–Crippen MR) is 75.9 cm³/mol. The Hall–Kier alpha value is -0.640. The lowest BCUT2D eigenvalue weighted by Gasteiger charge is -2.43. The fraction of sp³-hybridized carbons (Fsp3) is 0.600. The number of hydrogen-bond donors (Lipinski definition) is 1. The molecule has 0 spiro atoms. The van der Waals surface area contributed by atoms with Crippen LogP contribution in [-0.4, -0.2) is 31.1 Å². The van der Waals surface area contributed by atoms with Crippen LogP contribution in [0, 0.1) is 11.7 Å². The largest absolute Gasteiger partial charge is 0.314 e. The smallest absolute Gasteiger partial charge is 0.128 e. The summed E-state index contributed by atoms with van der Waals surface area (Å²) >= 11 is 6.07. The van der Waals surface area contributed by atoms with E-state index in [0.717, 1.165) is 31.7 Å². The number of halogens is 2. The van der Waals surface area contributed by atoms with E-state index in [2.05, 4.69) is 10.2 Å². The predicted octanol–water partition coefficient (Wildman–Crippen LogP) is 3.23. The van der Waals surface area contributed by atoms with E-state index in [-0.39, 0.29) is 11.9 Å². The summed E-state index contributed by atoms with van der Waals surface area (Å²) in [5, 5.41) is 4.00. The quantitative estimate of drug-likeness (QED) is 0.916. The Bertz CT molecular complexity index is 442. The maximum absolute atomic E-state index is 14.2. The highest BCUT2D eigenvalue weighted by atomic mass is 35.5. The lowest BCUT2D eigenvalue weighted by atomic mass is 9.76. The number of benzene rings is 1. The molecule has 0 aromatic heterocycles. The molecule has 104 valence electrons. The molecular weight excluding hydrogens is 263 g/mol. The van der Waals surface area contributed by atoms with Crippen LogP contribution in [0.2, 0.25) is 5.02 Å². The summed E-state index contributed by atoms with van der Waals surface area (Å²) in [5.41, 5.74) is 0.791. The first-order valence-electron chi connectivity index (χ1n) is 7.15. The van der Waals surface area contributed by atoms with Crippen LogP contribution in [0.15, 0.2) is 18.2 Å². The van der Waals surface area contributed by atoms with Crippen molar-refractivity contribution in [3.8, 4) is 0 Å². The highest BCUT2D eigenvalue weighted by Gasteiger charge is 2.35. The van der Waals surface area contributed by atoms with Crippen LogP contribution in [0.1, 0.15) is 30.9 Å². The van der Waals surface area contributed by atoms with E-state index in [1.807, 2.05) is 6.07 Å². The first kappa shape index (κ1) is 13.3. The Morgan fingerprint density at radius 1 is 1.26 bits per heavy atom. The van der Waals surface area contributed by atoms with Crippen LogP contribution in [0.5, 0.6) is 0 Å². The molecule has 1 atom stereocenters. The average molecular weight is 283 g/mol. The maximum Gasteiger partial charge on any atom is 0.128 e. The highest BCUT2D eigenvalue weighted by molar-refractivity contribution is 6.30. The van der Waals surface area contributed by atoms with Crippen LogP contribution >= 0.6 is 11.6 Å². The summed E-state index contributed by atoms with van der Waals surface area (Å²) in [5.74, 6) is 0.478. The molecular formula is C15H20ClFN2. The van der Waals surface area contributed by atoms with E-state index in [0.29, 0.717) is 10.9 Å². The second-order valence-electron chi connectivity index (χ2n) is 5.59. The van der Waals surface area contributed by atoms with Gasteiger partial charge in [-0.3, -0.25) is 4.90 Å². The third-order valence-corrected chi connectivity index (χ3v) is 4.65. The molecule has 1 aliphatic carbocycles. The van der Waals surface area contributed by atoms with Crippen LogP contribution in [0.3, 0.4) is 0 Å². The first-order chi connectivity index (χ1) is 9.25. The molecule has 1 aromatic rings. The fourth-order valence-corrected chi connectivity index (χ4v) is 3.39. The fourth-order valence-electron chi connectivity index (χ4n) is 3.21. The Morgan fingerprint density at radius 2 is 2.00 bits per heavy atom. The molecule has 3 rings (SSSR count). The van der Waals surface area contributed by atoms with E-state index in [9.17, 15) is 4.39 Å². The molecule has 1 aromatic carbocycles. The zero-order valence-corrected chi connectivity index (χ0v) is 11.8. The summed E-state index contributed by atoms with van der Waals surface area (Å²) in [6.07, 6.45) is 3.69. The molecule has 1 N–H and O–H groups in total. The summed E-state index contributed by atoms with van der Waals surface area (Å²) in [7, 11) is 0. The van der Waals surface area contributed by atoms with E-state index in [1.54, 1.807) is 6.07 Å². The van der Waals surface area contributed by atoms with E-state index in [1.165, 1.54) is 25.3 Å². The lowest BCUT2D eigenvalue weighted by molar-refractivity contribution is 0.0812. The number of nitrogens with zero attached hydrogens (tertiary/aromatic N) is 1. The summed E-state index contributed by atoms with van der Waals surface area (Å²) in [6.45, 7) is 3.97. The van der Waals surface area contributed by atoms with E-state index >= 15 is 0 Å². The number of rotatable bonds is 3. The van der Waals surface area contributed by atoms with E-state index < -0.39 is 0 Å². The van der Waals surface area contributed by atoms with Crippen molar-refractivity contribution in [1.82, 2.24) is 10.2 Å². The van der Waals surface area contributed by atoms with Crippen LogP contribution in [0.25, 0.3) is 0 Å². The maximum atomic E-state index is 14.2. The Kier molecular flexibility index (Phi) is 4.06. The molecule has 1 saturated heterocycles. The van der Waals surface area contributed by atoms with Crippen molar-refractivity contribution >= 4 is 11.6 Å². The summed E-state index contributed by atoms with van der Waals surface area (Å²) in [6, 6.07) is 5.17. The molecule has 4 heteroatoms. The average Bonchev–Trinajstić information content (AvgIpc) is 2.38.